The van der Waals surface area contributed by atoms with Gasteiger partial charge in [0.1, 0.15) is 19.3 Å². The van der Waals surface area contributed by atoms with Gasteiger partial charge >= 0.3 is 0 Å². The van der Waals surface area contributed by atoms with Gasteiger partial charge in [-0.1, -0.05) is 30.3 Å². The second-order valence-electron chi connectivity index (χ2n) is 6.06. The van der Waals surface area contributed by atoms with E-state index < -0.39 is 6.04 Å². The Morgan fingerprint density at radius 1 is 1.00 bits per heavy atom. The van der Waals surface area contributed by atoms with Gasteiger partial charge in [-0.05, 0) is 17.7 Å². The first kappa shape index (κ1) is 15.5. The molecule has 2 heterocycles. The van der Waals surface area contributed by atoms with Crippen molar-refractivity contribution in [2.24, 2.45) is 0 Å². The molecule has 4 rings (SSSR count). The number of likely N-dealkylation sites (tertiary alicyclic amines) is 1. The fourth-order valence-corrected chi connectivity index (χ4v) is 3.06. The molecule has 2 aromatic rings. The van der Waals surface area contributed by atoms with Gasteiger partial charge in [0.05, 0.1) is 13.0 Å². The van der Waals surface area contributed by atoms with Crippen molar-refractivity contribution in [3.8, 4) is 11.5 Å². The van der Waals surface area contributed by atoms with Crippen LogP contribution < -0.4 is 14.8 Å². The van der Waals surface area contributed by atoms with Gasteiger partial charge < -0.3 is 14.8 Å². The standard InChI is InChI=1S/C19H18N2O4/c22-18-11-15(19(23)21(18)12-13-4-2-1-3-5-13)20-14-6-7-16-17(10-14)25-9-8-24-16/h1-7,10,15,20H,8-9,11-12H2/t15-/m0/s1. The van der Waals surface area contributed by atoms with Crippen molar-refractivity contribution in [1.82, 2.24) is 4.90 Å². The Kier molecular flexibility index (Phi) is 4.01. The molecule has 2 aliphatic rings. The Morgan fingerprint density at radius 3 is 2.56 bits per heavy atom. The van der Waals surface area contributed by atoms with Crippen molar-refractivity contribution in [2.45, 2.75) is 19.0 Å². The van der Waals surface area contributed by atoms with Crippen molar-refractivity contribution in [3.63, 3.8) is 0 Å². The number of carbonyl (C=O) groups excluding carboxylic acids is 2. The SMILES string of the molecule is O=C1C[C@H](Nc2ccc3c(c2)OCCO3)C(=O)N1Cc1ccccc1. The van der Waals surface area contributed by atoms with Crippen LogP contribution >= 0.6 is 0 Å². The maximum Gasteiger partial charge on any atom is 0.252 e. The third-order valence-corrected chi connectivity index (χ3v) is 4.31. The highest BCUT2D eigenvalue weighted by atomic mass is 16.6. The van der Waals surface area contributed by atoms with Crippen LogP contribution in [-0.4, -0.2) is 36.0 Å². The first-order chi connectivity index (χ1) is 12.2. The highest BCUT2D eigenvalue weighted by Gasteiger charge is 2.38. The number of hydrogen-bond donors (Lipinski definition) is 1. The van der Waals surface area contributed by atoms with Crippen LogP contribution in [0.3, 0.4) is 0 Å². The summed E-state index contributed by atoms with van der Waals surface area (Å²) in [6.45, 7) is 1.34. The normalized spacial score (nSPS) is 19.2. The summed E-state index contributed by atoms with van der Waals surface area (Å²) >= 11 is 0. The fourth-order valence-electron chi connectivity index (χ4n) is 3.06. The molecule has 1 N–H and O–H groups in total. The maximum absolute atomic E-state index is 12.6. The summed E-state index contributed by atoms with van der Waals surface area (Å²) in [5.41, 5.74) is 1.67. The molecule has 1 fully saturated rings. The van der Waals surface area contributed by atoms with Crippen molar-refractivity contribution in [1.29, 1.82) is 0 Å². The lowest BCUT2D eigenvalue weighted by atomic mass is 10.2. The van der Waals surface area contributed by atoms with Crippen LogP contribution in [0.5, 0.6) is 11.5 Å². The van der Waals surface area contributed by atoms with E-state index >= 15 is 0 Å². The molecule has 0 saturated carbocycles. The number of amides is 2. The minimum absolute atomic E-state index is 0.153. The Bertz CT molecular complexity index is 806. The zero-order chi connectivity index (χ0) is 17.2. The van der Waals surface area contributed by atoms with Gasteiger partial charge in [-0.15, -0.1) is 0 Å². The Balaban J connectivity index is 1.47. The van der Waals surface area contributed by atoms with Gasteiger partial charge in [-0.3, -0.25) is 14.5 Å². The average molecular weight is 338 g/mol. The summed E-state index contributed by atoms with van der Waals surface area (Å²) < 4.78 is 11.0. The molecular weight excluding hydrogens is 320 g/mol. The molecule has 25 heavy (non-hydrogen) atoms. The quantitative estimate of drug-likeness (QED) is 0.866. The van der Waals surface area contributed by atoms with Crippen LogP contribution in [0, 0.1) is 0 Å². The van der Waals surface area contributed by atoms with E-state index in [9.17, 15) is 9.59 Å². The predicted molar refractivity (Wildman–Crippen MR) is 91.5 cm³/mol. The minimum Gasteiger partial charge on any atom is -0.486 e. The lowest BCUT2D eigenvalue weighted by Gasteiger charge is -2.20. The third kappa shape index (κ3) is 3.15. The third-order valence-electron chi connectivity index (χ3n) is 4.31. The van der Waals surface area contributed by atoms with Crippen molar-refractivity contribution < 1.29 is 19.1 Å². The van der Waals surface area contributed by atoms with E-state index in [2.05, 4.69) is 5.32 Å². The van der Waals surface area contributed by atoms with Crippen LogP contribution in [0.2, 0.25) is 0 Å². The van der Waals surface area contributed by atoms with Crippen LogP contribution in [0.25, 0.3) is 0 Å². The van der Waals surface area contributed by atoms with Gasteiger partial charge in [0.15, 0.2) is 11.5 Å². The highest BCUT2D eigenvalue weighted by Crippen LogP contribution is 2.33. The molecule has 2 amide bonds. The molecule has 1 atom stereocenters. The molecule has 2 aliphatic heterocycles. The molecule has 6 nitrogen and oxygen atoms in total. The first-order valence-corrected chi connectivity index (χ1v) is 8.25. The number of carbonyl (C=O) groups is 2. The molecular formula is C19H18N2O4. The Hall–Kier alpha value is -3.02. The summed E-state index contributed by atoms with van der Waals surface area (Å²) in [5.74, 6) is 0.970. The monoisotopic (exact) mass is 338 g/mol. The topological polar surface area (TPSA) is 67.9 Å². The zero-order valence-electron chi connectivity index (χ0n) is 13.6. The van der Waals surface area contributed by atoms with E-state index in [0.717, 1.165) is 11.3 Å². The summed E-state index contributed by atoms with van der Waals surface area (Å²) in [4.78, 5) is 26.2. The molecule has 128 valence electrons. The molecule has 0 aromatic heterocycles. The molecule has 6 heteroatoms. The second-order valence-corrected chi connectivity index (χ2v) is 6.06. The number of rotatable bonds is 4. The van der Waals surface area contributed by atoms with E-state index in [4.69, 9.17) is 9.47 Å². The lowest BCUT2D eigenvalue weighted by molar-refractivity contribution is -0.139. The van der Waals surface area contributed by atoms with Gasteiger partial charge in [0.25, 0.3) is 5.91 Å². The molecule has 2 aromatic carbocycles. The van der Waals surface area contributed by atoms with E-state index in [1.54, 1.807) is 12.1 Å². The first-order valence-electron chi connectivity index (χ1n) is 8.25. The van der Waals surface area contributed by atoms with Gasteiger partial charge in [-0.25, -0.2) is 0 Å². The number of benzene rings is 2. The van der Waals surface area contributed by atoms with E-state index in [1.807, 2.05) is 36.4 Å². The number of imide groups is 1. The average Bonchev–Trinajstić information content (AvgIpc) is 2.90. The van der Waals surface area contributed by atoms with Crippen molar-refractivity contribution in [3.05, 3.63) is 54.1 Å². The van der Waals surface area contributed by atoms with E-state index in [1.165, 1.54) is 4.90 Å². The van der Waals surface area contributed by atoms with Gasteiger partial charge in [0.2, 0.25) is 5.91 Å². The van der Waals surface area contributed by atoms with E-state index in [-0.39, 0.29) is 18.2 Å². The number of hydrogen-bond acceptors (Lipinski definition) is 5. The molecule has 0 unspecified atom stereocenters. The van der Waals surface area contributed by atoms with Crippen LogP contribution in [0.4, 0.5) is 5.69 Å². The van der Waals surface area contributed by atoms with Crippen LogP contribution in [0.15, 0.2) is 48.5 Å². The van der Waals surface area contributed by atoms with Crippen molar-refractivity contribution >= 4 is 17.5 Å². The molecule has 0 aliphatic carbocycles. The zero-order valence-corrected chi connectivity index (χ0v) is 13.6. The predicted octanol–water partition coefficient (Wildman–Crippen LogP) is 2.20. The number of nitrogens with one attached hydrogen (secondary N) is 1. The summed E-state index contributed by atoms with van der Waals surface area (Å²) in [6, 6.07) is 14.4. The van der Waals surface area contributed by atoms with Gasteiger partial charge in [0, 0.05) is 11.8 Å². The number of ether oxygens (including phenoxy) is 2. The molecule has 0 radical (unpaired) electrons. The largest absolute Gasteiger partial charge is 0.486 e. The highest BCUT2D eigenvalue weighted by molar-refractivity contribution is 6.06. The second kappa shape index (κ2) is 6.47. The Labute approximate surface area is 145 Å². The van der Waals surface area contributed by atoms with Crippen molar-refractivity contribution in [2.75, 3.05) is 18.5 Å². The van der Waals surface area contributed by atoms with E-state index in [0.29, 0.717) is 31.3 Å². The lowest BCUT2D eigenvalue weighted by Crippen LogP contribution is -2.34. The summed E-state index contributed by atoms with van der Waals surface area (Å²) in [7, 11) is 0. The smallest absolute Gasteiger partial charge is 0.252 e. The fraction of sp³-hybridized carbons (Fsp3) is 0.263. The molecule has 0 bridgehead atoms. The molecule has 1 saturated heterocycles. The number of fused-ring (bicyclic) bond motifs is 1. The van der Waals surface area contributed by atoms with Crippen LogP contribution in [-0.2, 0) is 16.1 Å². The molecule has 0 spiro atoms. The summed E-state index contributed by atoms with van der Waals surface area (Å²) in [6.07, 6.45) is 0.153. The Morgan fingerprint density at radius 2 is 1.76 bits per heavy atom. The van der Waals surface area contributed by atoms with Crippen LogP contribution in [0.1, 0.15) is 12.0 Å². The summed E-state index contributed by atoms with van der Waals surface area (Å²) in [5, 5.41) is 3.14. The minimum atomic E-state index is -0.557. The van der Waals surface area contributed by atoms with Gasteiger partial charge in [-0.2, -0.15) is 0 Å². The number of anilines is 1. The maximum atomic E-state index is 12.6. The number of nitrogens with zero attached hydrogens (tertiary/aromatic N) is 1.